The van der Waals surface area contributed by atoms with E-state index >= 15 is 0 Å². The van der Waals surface area contributed by atoms with E-state index in [-0.39, 0.29) is 18.6 Å². The zero-order chi connectivity index (χ0) is 12.7. The standard InChI is InChI=1S/C12H19F3OS/c13-12(14,15)8-4-5-10(16)9-17-11-6-2-1-3-7-11/h11H,1-9H2. The van der Waals surface area contributed by atoms with E-state index in [1.165, 1.54) is 19.3 Å². The highest BCUT2D eigenvalue weighted by Gasteiger charge is 2.26. The van der Waals surface area contributed by atoms with Crippen LogP contribution in [0.15, 0.2) is 0 Å². The van der Waals surface area contributed by atoms with Crippen molar-refractivity contribution in [2.45, 2.75) is 62.8 Å². The summed E-state index contributed by atoms with van der Waals surface area (Å²) in [7, 11) is 0. The van der Waals surface area contributed by atoms with Crippen LogP contribution >= 0.6 is 11.8 Å². The van der Waals surface area contributed by atoms with Gasteiger partial charge in [-0.3, -0.25) is 4.79 Å². The second-order valence-corrected chi connectivity index (χ2v) is 5.87. The number of hydrogen-bond acceptors (Lipinski definition) is 2. The van der Waals surface area contributed by atoms with Crippen LogP contribution in [-0.4, -0.2) is 23.0 Å². The van der Waals surface area contributed by atoms with Crippen LogP contribution in [0.5, 0.6) is 0 Å². The number of alkyl halides is 3. The number of ketones is 1. The summed E-state index contributed by atoms with van der Waals surface area (Å²) in [6.07, 6.45) is 1.06. The van der Waals surface area contributed by atoms with Crippen molar-refractivity contribution in [1.29, 1.82) is 0 Å². The van der Waals surface area contributed by atoms with Crippen LogP contribution in [0.1, 0.15) is 51.4 Å². The third kappa shape index (κ3) is 7.68. The molecule has 0 spiro atoms. The van der Waals surface area contributed by atoms with E-state index in [1.807, 2.05) is 0 Å². The third-order valence-corrected chi connectivity index (χ3v) is 4.38. The molecule has 0 aromatic carbocycles. The summed E-state index contributed by atoms with van der Waals surface area (Å²) in [6, 6.07) is 0. The molecule has 0 saturated heterocycles. The summed E-state index contributed by atoms with van der Waals surface area (Å²) in [5, 5.41) is 0.551. The maximum Gasteiger partial charge on any atom is 0.389 e. The minimum absolute atomic E-state index is 0.0372. The Kier molecular flexibility index (Phi) is 6.38. The van der Waals surface area contributed by atoms with E-state index in [2.05, 4.69) is 0 Å². The van der Waals surface area contributed by atoms with E-state index in [1.54, 1.807) is 11.8 Å². The first-order valence-corrected chi connectivity index (χ1v) is 7.22. The van der Waals surface area contributed by atoms with Gasteiger partial charge in [0.1, 0.15) is 5.78 Å². The minimum atomic E-state index is -4.13. The average Bonchev–Trinajstić information content (AvgIpc) is 2.26. The highest BCUT2D eigenvalue weighted by atomic mass is 32.2. The van der Waals surface area contributed by atoms with Crippen LogP contribution in [-0.2, 0) is 4.79 Å². The number of carbonyl (C=O) groups excluding carboxylic acids is 1. The van der Waals surface area contributed by atoms with Gasteiger partial charge in [0.2, 0.25) is 0 Å². The first-order valence-electron chi connectivity index (χ1n) is 6.17. The summed E-state index contributed by atoms with van der Waals surface area (Å²) in [5.41, 5.74) is 0. The molecular weight excluding hydrogens is 249 g/mol. The predicted octanol–water partition coefficient (Wildman–Crippen LogP) is 4.35. The van der Waals surface area contributed by atoms with E-state index in [4.69, 9.17) is 0 Å². The molecule has 0 amide bonds. The zero-order valence-electron chi connectivity index (χ0n) is 9.89. The summed E-state index contributed by atoms with van der Waals surface area (Å²) < 4.78 is 35.6. The molecule has 0 unspecified atom stereocenters. The van der Waals surface area contributed by atoms with E-state index in [0.29, 0.717) is 11.0 Å². The maximum absolute atomic E-state index is 11.9. The topological polar surface area (TPSA) is 17.1 Å². The quantitative estimate of drug-likeness (QED) is 0.712. The average molecular weight is 268 g/mol. The normalized spacial score (nSPS) is 18.3. The van der Waals surface area contributed by atoms with Gasteiger partial charge in [0.25, 0.3) is 0 Å². The van der Waals surface area contributed by atoms with Gasteiger partial charge in [0.05, 0.1) is 5.75 Å². The summed E-state index contributed by atoms with van der Waals surface area (Å²) in [4.78, 5) is 11.4. The van der Waals surface area contributed by atoms with Crippen molar-refractivity contribution in [2.75, 3.05) is 5.75 Å². The van der Waals surface area contributed by atoms with Crippen molar-refractivity contribution < 1.29 is 18.0 Å². The molecule has 17 heavy (non-hydrogen) atoms. The van der Waals surface area contributed by atoms with Crippen LogP contribution in [0.25, 0.3) is 0 Å². The molecule has 0 N–H and O–H groups in total. The second-order valence-electron chi connectivity index (χ2n) is 4.58. The fourth-order valence-corrected chi connectivity index (χ4v) is 3.23. The molecule has 1 rings (SSSR count). The Hall–Kier alpha value is -0.190. The van der Waals surface area contributed by atoms with Gasteiger partial charge in [0, 0.05) is 18.1 Å². The summed E-state index contributed by atoms with van der Waals surface area (Å²) >= 11 is 1.63. The van der Waals surface area contributed by atoms with Crippen molar-refractivity contribution in [2.24, 2.45) is 0 Å². The molecule has 1 nitrogen and oxygen atoms in total. The number of halogens is 3. The van der Waals surface area contributed by atoms with Gasteiger partial charge in [-0.25, -0.2) is 0 Å². The second kappa shape index (κ2) is 7.29. The van der Waals surface area contributed by atoms with Crippen LogP contribution in [0.3, 0.4) is 0 Å². The molecule has 1 aliphatic carbocycles. The van der Waals surface area contributed by atoms with Gasteiger partial charge in [-0.15, -0.1) is 0 Å². The molecule has 1 saturated carbocycles. The van der Waals surface area contributed by atoms with Crippen molar-refractivity contribution in [1.82, 2.24) is 0 Å². The lowest BCUT2D eigenvalue weighted by Crippen LogP contribution is -2.13. The largest absolute Gasteiger partial charge is 0.389 e. The van der Waals surface area contributed by atoms with Crippen LogP contribution < -0.4 is 0 Å². The SMILES string of the molecule is O=C(CCCC(F)(F)F)CSC1CCCCC1. The lowest BCUT2D eigenvalue weighted by molar-refractivity contribution is -0.136. The fourth-order valence-electron chi connectivity index (χ4n) is 2.00. The molecule has 0 heterocycles. The highest BCUT2D eigenvalue weighted by Crippen LogP contribution is 2.28. The minimum Gasteiger partial charge on any atom is -0.299 e. The Labute approximate surface area is 105 Å². The van der Waals surface area contributed by atoms with Crippen molar-refractivity contribution in [3.63, 3.8) is 0 Å². The van der Waals surface area contributed by atoms with Crippen LogP contribution in [0.4, 0.5) is 13.2 Å². The summed E-state index contributed by atoms with van der Waals surface area (Å²) in [5.74, 6) is 0.354. The molecule has 0 bridgehead atoms. The van der Waals surface area contributed by atoms with Crippen molar-refractivity contribution >= 4 is 17.5 Å². The Morgan fingerprint density at radius 3 is 2.41 bits per heavy atom. The monoisotopic (exact) mass is 268 g/mol. The molecule has 100 valence electrons. The van der Waals surface area contributed by atoms with E-state index < -0.39 is 12.6 Å². The Balaban J connectivity index is 2.04. The molecule has 0 aromatic heterocycles. The predicted molar refractivity (Wildman–Crippen MR) is 64.2 cm³/mol. The number of hydrogen-bond donors (Lipinski definition) is 0. The summed E-state index contributed by atoms with van der Waals surface area (Å²) in [6.45, 7) is 0. The lowest BCUT2D eigenvalue weighted by atomic mass is 10.0. The molecule has 1 fully saturated rings. The Bertz CT molecular complexity index is 234. The first kappa shape index (κ1) is 14.9. The van der Waals surface area contributed by atoms with Crippen molar-refractivity contribution in [3.8, 4) is 0 Å². The van der Waals surface area contributed by atoms with Gasteiger partial charge in [0.15, 0.2) is 0 Å². The zero-order valence-corrected chi connectivity index (χ0v) is 10.7. The van der Waals surface area contributed by atoms with Gasteiger partial charge in [-0.05, 0) is 19.3 Å². The molecule has 1 aliphatic rings. The van der Waals surface area contributed by atoms with Crippen LogP contribution in [0, 0.1) is 0 Å². The highest BCUT2D eigenvalue weighted by molar-refractivity contribution is 8.00. The number of carbonyl (C=O) groups is 1. The number of thioether (sulfide) groups is 1. The van der Waals surface area contributed by atoms with E-state index in [0.717, 1.165) is 12.8 Å². The molecule has 0 atom stereocenters. The Morgan fingerprint density at radius 2 is 1.82 bits per heavy atom. The molecule has 0 aliphatic heterocycles. The molecular formula is C12H19F3OS. The third-order valence-electron chi connectivity index (χ3n) is 2.95. The lowest BCUT2D eigenvalue weighted by Gasteiger charge is -2.20. The Morgan fingerprint density at radius 1 is 1.18 bits per heavy atom. The first-order chi connectivity index (χ1) is 7.97. The molecule has 0 aromatic rings. The van der Waals surface area contributed by atoms with Crippen LogP contribution in [0.2, 0.25) is 0 Å². The smallest absolute Gasteiger partial charge is 0.299 e. The van der Waals surface area contributed by atoms with Crippen molar-refractivity contribution in [3.05, 3.63) is 0 Å². The van der Waals surface area contributed by atoms with Gasteiger partial charge in [-0.2, -0.15) is 24.9 Å². The fraction of sp³-hybridized carbons (Fsp3) is 0.917. The number of Topliss-reactive ketones (excluding diaryl/α,β-unsaturated/α-hetero) is 1. The molecule has 0 radical (unpaired) electrons. The van der Waals surface area contributed by atoms with Gasteiger partial charge in [-0.1, -0.05) is 19.3 Å². The van der Waals surface area contributed by atoms with Gasteiger partial charge >= 0.3 is 6.18 Å². The maximum atomic E-state index is 11.9. The van der Waals surface area contributed by atoms with Gasteiger partial charge < -0.3 is 0 Å². The van der Waals surface area contributed by atoms with E-state index in [9.17, 15) is 18.0 Å². The number of rotatable bonds is 6. The molecule has 5 heteroatoms.